The first-order valence-electron chi connectivity index (χ1n) is 8.25. The van der Waals surface area contributed by atoms with Gasteiger partial charge in [-0.2, -0.15) is 0 Å². The molecule has 1 rings (SSSR count). The molecule has 3 unspecified atom stereocenters. The fraction of sp³-hybridized carbons (Fsp3) is 0.750. The zero-order valence-electron chi connectivity index (χ0n) is 15.2. The van der Waals surface area contributed by atoms with E-state index in [1.807, 2.05) is 0 Å². The molecule has 3 atom stereocenters. The third-order valence-electron chi connectivity index (χ3n) is 4.38. The van der Waals surface area contributed by atoms with Crippen LogP contribution in [-0.4, -0.2) is 87.5 Å². The molecule has 0 aromatic carbocycles. The van der Waals surface area contributed by atoms with Crippen molar-refractivity contribution in [2.75, 3.05) is 26.2 Å². The van der Waals surface area contributed by atoms with Crippen LogP contribution in [-0.2, 0) is 23.9 Å². The Kier molecular flexibility index (Phi) is 9.99. The summed E-state index contributed by atoms with van der Waals surface area (Å²) in [6.07, 6.45) is -3.40. The smallest absolute Gasteiger partial charge is 0.335 e. The number of ether oxygens (including phenoxy) is 1. The van der Waals surface area contributed by atoms with Crippen molar-refractivity contribution in [1.82, 2.24) is 4.90 Å². The summed E-state index contributed by atoms with van der Waals surface area (Å²) < 4.78 is 4.95. The van der Waals surface area contributed by atoms with Gasteiger partial charge in [0.1, 0.15) is 11.2 Å². The molecule has 26 heavy (non-hydrogen) atoms. The van der Waals surface area contributed by atoms with Crippen molar-refractivity contribution < 1.29 is 44.3 Å². The summed E-state index contributed by atoms with van der Waals surface area (Å²) >= 11 is 0. The molecular formula is C16H27NO9. The van der Waals surface area contributed by atoms with Gasteiger partial charge in [-0.05, 0) is 33.0 Å². The Balaban J connectivity index is 0.000000541. The Hall–Kier alpha value is -2.04. The fourth-order valence-corrected chi connectivity index (χ4v) is 2.44. The number of esters is 1. The van der Waals surface area contributed by atoms with Crippen LogP contribution in [0.4, 0.5) is 0 Å². The number of Topliss-reactive ketones (excluding diaryl/α,β-unsaturated/α-hetero) is 1. The Morgan fingerprint density at radius 1 is 1.12 bits per heavy atom. The Morgan fingerprint density at radius 2 is 1.58 bits per heavy atom. The summed E-state index contributed by atoms with van der Waals surface area (Å²) in [6, 6.07) is 0. The third-order valence-corrected chi connectivity index (χ3v) is 4.38. The van der Waals surface area contributed by atoms with Crippen LogP contribution in [0.3, 0.4) is 0 Å². The third kappa shape index (κ3) is 6.36. The number of ketones is 1. The molecule has 4 N–H and O–H groups in total. The van der Waals surface area contributed by atoms with Gasteiger partial charge in [0.05, 0.1) is 6.61 Å². The highest BCUT2D eigenvalue weighted by Gasteiger charge is 2.48. The van der Waals surface area contributed by atoms with Gasteiger partial charge in [-0.3, -0.25) is 9.59 Å². The van der Waals surface area contributed by atoms with Gasteiger partial charge in [0, 0.05) is 6.42 Å². The Labute approximate surface area is 151 Å². The molecule has 0 bridgehead atoms. The molecule has 0 spiro atoms. The minimum absolute atomic E-state index is 0.0536. The van der Waals surface area contributed by atoms with Crippen LogP contribution in [0.15, 0.2) is 0 Å². The quantitative estimate of drug-likeness (QED) is 0.293. The summed E-state index contributed by atoms with van der Waals surface area (Å²) in [5.41, 5.74) is -0.859. The summed E-state index contributed by atoms with van der Waals surface area (Å²) in [5.74, 6) is -3.92. The van der Waals surface area contributed by atoms with Gasteiger partial charge in [-0.15, -0.1) is 0 Å². The maximum atomic E-state index is 11.7. The average molecular weight is 377 g/mol. The lowest BCUT2D eigenvalue weighted by Crippen LogP contribution is -2.39. The van der Waals surface area contributed by atoms with Gasteiger partial charge in [0.2, 0.25) is 0 Å². The molecule has 1 aliphatic rings. The van der Waals surface area contributed by atoms with Crippen molar-refractivity contribution in [2.45, 2.75) is 45.8 Å². The fourth-order valence-electron chi connectivity index (χ4n) is 2.44. The van der Waals surface area contributed by atoms with Crippen LogP contribution in [0.25, 0.3) is 0 Å². The van der Waals surface area contributed by atoms with E-state index in [0.717, 1.165) is 19.6 Å². The van der Waals surface area contributed by atoms with E-state index in [0.29, 0.717) is 19.4 Å². The van der Waals surface area contributed by atoms with Gasteiger partial charge < -0.3 is 30.1 Å². The molecule has 1 aliphatic heterocycles. The van der Waals surface area contributed by atoms with Crippen molar-refractivity contribution in [3.63, 3.8) is 0 Å². The number of nitrogens with zero attached hydrogens (tertiary/aromatic N) is 1. The number of carbonyl (C=O) groups is 4. The van der Waals surface area contributed by atoms with Crippen molar-refractivity contribution in [2.24, 2.45) is 5.41 Å². The number of cyclic esters (lactones) is 1. The second-order valence-corrected chi connectivity index (χ2v) is 5.87. The number of carbonyl (C=O) groups excluding carboxylic acids is 2. The van der Waals surface area contributed by atoms with Crippen LogP contribution in [0.1, 0.15) is 33.6 Å². The van der Waals surface area contributed by atoms with E-state index >= 15 is 0 Å². The van der Waals surface area contributed by atoms with Crippen LogP contribution >= 0.6 is 0 Å². The molecule has 150 valence electrons. The van der Waals surface area contributed by atoms with E-state index in [4.69, 9.17) is 25.2 Å². The number of carboxylic acid groups (broad SMARTS) is 2. The van der Waals surface area contributed by atoms with E-state index in [-0.39, 0.29) is 11.8 Å². The van der Waals surface area contributed by atoms with Gasteiger partial charge in [-0.25, -0.2) is 9.59 Å². The van der Waals surface area contributed by atoms with E-state index in [9.17, 15) is 19.2 Å². The number of aliphatic hydroxyl groups is 2. The standard InChI is InChI=1S/C12H21NO3.C4H6O6/c1-4-13(5-2)8-6-12(10(3)14)7-9-16-11(12)15;5-1(3(7)8)2(6)4(9)10/h4-9H2,1-3H3;1-2,5-6H,(H,7,8)(H,9,10). The summed E-state index contributed by atoms with van der Waals surface area (Å²) in [6.45, 7) is 8.71. The molecule has 0 aromatic heterocycles. The van der Waals surface area contributed by atoms with Crippen molar-refractivity contribution in [3.8, 4) is 0 Å². The lowest BCUT2D eigenvalue weighted by Gasteiger charge is -2.25. The number of aliphatic hydroxyl groups excluding tert-OH is 2. The summed E-state index contributed by atoms with van der Waals surface area (Å²) in [5, 5.41) is 32.5. The second kappa shape index (κ2) is 10.8. The molecule has 0 aromatic rings. The predicted molar refractivity (Wildman–Crippen MR) is 88.4 cm³/mol. The van der Waals surface area contributed by atoms with Crippen LogP contribution < -0.4 is 0 Å². The lowest BCUT2D eigenvalue weighted by atomic mass is 9.79. The van der Waals surface area contributed by atoms with Gasteiger partial charge >= 0.3 is 17.9 Å². The van der Waals surface area contributed by atoms with Gasteiger partial charge in [0.25, 0.3) is 0 Å². The molecule has 0 saturated carbocycles. The van der Waals surface area contributed by atoms with E-state index < -0.39 is 29.6 Å². The number of hydrogen-bond donors (Lipinski definition) is 4. The molecule has 1 heterocycles. The monoisotopic (exact) mass is 377 g/mol. The Bertz CT molecular complexity index is 500. The van der Waals surface area contributed by atoms with E-state index in [2.05, 4.69) is 18.7 Å². The maximum absolute atomic E-state index is 11.7. The molecule has 0 amide bonds. The Morgan fingerprint density at radius 3 is 1.85 bits per heavy atom. The first kappa shape index (κ1) is 24.0. The SMILES string of the molecule is CCN(CC)CCC1(C(C)=O)CCOC1=O.O=C(O)C(O)C(O)C(=O)O. The van der Waals surface area contributed by atoms with Crippen molar-refractivity contribution >= 4 is 23.7 Å². The topological polar surface area (TPSA) is 162 Å². The maximum Gasteiger partial charge on any atom is 0.335 e. The lowest BCUT2D eigenvalue weighted by molar-refractivity contribution is -0.165. The van der Waals surface area contributed by atoms with Crippen LogP contribution in [0.5, 0.6) is 0 Å². The van der Waals surface area contributed by atoms with Gasteiger partial charge in [-0.1, -0.05) is 13.8 Å². The number of carboxylic acids is 2. The minimum atomic E-state index is -2.27. The highest BCUT2D eigenvalue weighted by Crippen LogP contribution is 2.35. The number of rotatable bonds is 9. The van der Waals surface area contributed by atoms with E-state index in [1.54, 1.807) is 0 Å². The zero-order chi connectivity index (χ0) is 20.5. The van der Waals surface area contributed by atoms with Gasteiger partial charge in [0.15, 0.2) is 12.2 Å². The predicted octanol–water partition coefficient (Wildman–Crippen LogP) is -0.882. The first-order chi connectivity index (χ1) is 12.0. The first-order valence-corrected chi connectivity index (χ1v) is 8.25. The van der Waals surface area contributed by atoms with Crippen molar-refractivity contribution in [3.05, 3.63) is 0 Å². The molecule has 0 aliphatic carbocycles. The summed E-state index contributed by atoms with van der Waals surface area (Å²) in [4.78, 5) is 45.1. The number of hydrogen-bond acceptors (Lipinski definition) is 8. The number of aliphatic carboxylic acids is 2. The molecule has 0 radical (unpaired) electrons. The summed E-state index contributed by atoms with van der Waals surface area (Å²) in [7, 11) is 0. The average Bonchev–Trinajstić information content (AvgIpc) is 2.96. The van der Waals surface area contributed by atoms with Crippen LogP contribution in [0.2, 0.25) is 0 Å². The highest BCUT2D eigenvalue weighted by molar-refractivity contribution is 6.03. The second-order valence-electron chi connectivity index (χ2n) is 5.87. The molecule has 10 heteroatoms. The molecule has 1 saturated heterocycles. The van der Waals surface area contributed by atoms with Crippen molar-refractivity contribution in [1.29, 1.82) is 0 Å². The van der Waals surface area contributed by atoms with Crippen LogP contribution in [0, 0.1) is 5.41 Å². The van der Waals surface area contributed by atoms with E-state index in [1.165, 1.54) is 6.92 Å². The minimum Gasteiger partial charge on any atom is -0.479 e. The normalized spacial score (nSPS) is 21.4. The molecule has 1 fully saturated rings. The molecular weight excluding hydrogens is 350 g/mol. The largest absolute Gasteiger partial charge is 0.479 e. The zero-order valence-corrected chi connectivity index (χ0v) is 15.2. The highest BCUT2D eigenvalue weighted by atomic mass is 16.5. The molecule has 10 nitrogen and oxygen atoms in total.